The molecule has 6 heteroatoms. The molecule has 0 saturated carbocycles. The topological polar surface area (TPSA) is 69.2 Å². The van der Waals surface area contributed by atoms with E-state index in [1.54, 1.807) is 51.8 Å². The van der Waals surface area contributed by atoms with Crippen molar-refractivity contribution in [1.82, 2.24) is 5.43 Å². The zero-order chi connectivity index (χ0) is 17.4. The molecule has 0 aromatic heterocycles. The maximum atomic E-state index is 12.1. The van der Waals surface area contributed by atoms with Crippen LogP contribution in [0.5, 0.6) is 11.5 Å². The van der Waals surface area contributed by atoms with Crippen molar-refractivity contribution in [2.75, 3.05) is 21.3 Å². The highest BCUT2D eigenvalue weighted by molar-refractivity contribution is 5.95. The van der Waals surface area contributed by atoms with Crippen LogP contribution in [-0.2, 0) is 11.3 Å². The van der Waals surface area contributed by atoms with Crippen LogP contribution in [0, 0.1) is 0 Å². The molecule has 1 N–H and O–H groups in total. The highest BCUT2D eigenvalue weighted by atomic mass is 16.5. The fraction of sp³-hybridized carbons (Fsp3) is 0.222. The van der Waals surface area contributed by atoms with E-state index in [-0.39, 0.29) is 5.91 Å². The fourth-order valence-electron chi connectivity index (χ4n) is 2.14. The minimum absolute atomic E-state index is 0.309. The number of hydrogen-bond acceptors (Lipinski definition) is 5. The first-order chi connectivity index (χ1) is 11.7. The summed E-state index contributed by atoms with van der Waals surface area (Å²) in [5.74, 6) is 1.05. The van der Waals surface area contributed by atoms with E-state index in [0.29, 0.717) is 17.9 Å². The molecule has 0 radical (unpaired) electrons. The number of ether oxygens (including phenoxy) is 3. The van der Waals surface area contributed by atoms with Crippen LogP contribution in [0.25, 0.3) is 0 Å². The van der Waals surface area contributed by atoms with Crippen molar-refractivity contribution in [1.29, 1.82) is 0 Å². The number of carbonyl (C=O) groups is 1. The maximum absolute atomic E-state index is 12.1. The first kappa shape index (κ1) is 17.5. The number of nitrogens with one attached hydrogen (secondary N) is 1. The van der Waals surface area contributed by atoms with Gasteiger partial charge in [-0.25, -0.2) is 5.43 Å². The smallest absolute Gasteiger partial charge is 0.271 e. The Balaban J connectivity index is 2.05. The second-order valence-corrected chi connectivity index (χ2v) is 4.94. The first-order valence-electron chi connectivity index (χ1n) is 7.31. The van der Waals surface area contributed by atoms with Gasteiger partial charge in [0, 0.05) is 18.2 Å². The quantitative estimate of drug-likeness (QED) is 0.626. The Kier molecular flexibility index (Phi) is 6.33. The van der Waals surface area contributed by atoms with Crippen molar-refractivity contribution in [3.63, 3.8) is 0 Å². The Labute approximate surface area is 141 Å². The van der Waals surface area contributed by atoms with Crippen LogP contribution in [0.15, 0.2) is 47.6 Å². The average molecular weight is 328 g/mol. The third-order valence-electron chi connectivity index (χ3n) is 3.32. The summed E-state index contributed by atoms with van der Waals surface area (Å²) in [5.41, 5.74) is 4.70. The second-order valence-electron chi connectivity index (χ2n) is 4.94. The van der Waals surface area contributed by atoms with Gasteiger partial charge in [-0.3, -0.25) is 4.79 Å². The molecular formula is C18H20N2O4. The van der Waals surface area contributed by atoms with Gasteiger partial charge in [0.2, 0.25) is 0 Å². The summed E-state index contributed by atoms with van der Waals surface area (Å²) in [6.07, 6.45) is 1.57. The van der Waals surface area contributed by atoms with Crippen LogP contribution in [0.3, 0.4) is 0 Å². The Hall–Kier alpha value is -2.86. The number of nitrogens with zero attached hydrogens (tertiary/aromatic N) is 1. The molecule has 2 aromatic carbocycles. The minimum atomic E-state index is -0.309. The van der Waals surface area contributed by atoms with E-state index in [0.717, 1.165) is 16.9 Å². The van der Waals surface area contributed by atoms with Crippen molar-refractivity contribution < 1.29 is 19.0 Å². The van der Waals surface area contributed by atoms with Gasteiger partial charge in [-0.1, -0.05) is 6.07 Å². The number of hydrazone groups is 1. The van der Waals surface area contributed by atoms with E-state index in [9.17, 15) is 4.79 Å². The van der Waals surface area contributed by atoms with E-state index < -0.39 is 0 Å². The molecule has 24 heavy (non-hydrogen) atoms. The zero-order valence-electron chi connectivity index (χ0n) is 13.9. The van der Waals surface area contributed by atoms with Crippen LogP contribution in [0.1, 0.15) is 21.5 Å². The summed E-state index contributed by atoms with van der Waals surface area (Å²) in [4.78, 5) is 12.1. The number of rotatable bonds is 7. The SMILES string of the molecule is COCc1cc(/C=N\NC(=O)c2cccc(OC)c2)ccc1OC. The molecule has 0 aliphatic carbocycles. The number of amides is 1. The molecule has 0 fully saturated rings. The van der Waals surface area contributed by atoms with Crippen LogP contribution in [0.4, 0.5) is 0 Å². The highest BCUT2D eigenvalue weighted by Crippen LogP contribution is 2.20. The predicted molar refractivity (Wildman–Crippen MR) is 91.8 cm³/mol. The number of hydrogen-bond donors (Lipinski definition) is 1. The van der Waals surface area contributed by atoms with Crippen molar-refractivity contribution in [3.8, 4) is 11.5 Å². The Bertz CT molecular complexity index is 729. The normalized spacial score (nSPS) is 10.6. The lowest BCUT2D eigenvalue weighted by molar-refractivity contribution is 0.0955. The molecule has 0 aliphatic heterocycles. The molecule has 2 aromatic rings. The summed E-state index contributed by atoms with van der Waals surface area (Å²) in [6, 6.07) is 12.4. The van der Waals surface area contributed by atoms with Crippen LogP contribution in [0.2, 0.25) is 0 Å². The van der Waals surface area contributed by atoms with Gasteiger partial charge in [0.05, 0.1) is 27.0 Å². The molecule has 0 aliphatic rings. The summed E-state index contributed by atoms with van der Waals surface area (Å²) >= 11 is 0. The fourth-order valence-corrected chi connectivity index (χ4v) is 2.14. The monoisotopic (exact) mass is 328 g/mol. The number of benzene rings is 2. The van der Waals surface area contributed by atoms with E-state index in [1.807, 2.05) is 18.2 Å². The molecule has 126 valence electrons. The van der Waals surface area contributed by atoms with Crippen molar-refractivity contribution in [3.05, 3.63) is 59.2 Å². The second kappa shape index (κ2) is 8.69. The van der Waals surface area contributed by atoms with Gasteiger partial charge in [0.1, 0.15) is 11.5 Å². The third kappa shape index (κ3) is 4.57. The van der Waals surface area contributed by atoms with Crippen LogP contribution in [-0.4, -0.2) is 33.5 Å². The lowest BCUT2D eigenvalue weighted by atomic mass is 10.1. The largest absolute Gasteiger partial charge is 0.497 e. The molecule has 0 bridgehead atoms. The predicted octanol–water partition coefficient (Wildman–Crippen LogP) is 2.61. The molecule has 0 heterocycles. The van der Waals surface area contributed by atoms with Gasteiger partial charge < -0.3 is 14.2 Å². The van der Waals surface area contributed by atoms with Crippen LogP contribution < -0.4 is 14.9 Å². The van der Waals surface area contributed by atoms with Gasteiger partial charge in [0.15, 0.2) is 0 Å². The summed E-state index contributed by atoms with van der Waals surface area (Å²) in [7, 11) is 4.78. The molecule has 0 saturated heterocycles. The molecule has 0 unspecified atom stereocenters. The highest BCUT2D eigenvalue weighted by Gasteiger charge is 2.06. The Morgan fingerprint density at radius 3 is 2.67 bits per heavy atom. The van der Waals surface area contributed by atoms with E-state index in [1.165, 1.54) is 0 Å². The third-order valence-corrected chi connectivity index (χ3v) is 3.32. The maximum Gasteiger partial charge on any atom is 0.271 e. The summed E-state index contributed by atoms with van der Waals surface area (Å²) < 4.78 is 15.5. The van der Waals surface area contributed by atoms with Gasteiger partial charge in [-0.2, -0.15) is 5.10 Å². The molecule has 0 atom stereocenters. The van der Waals surface area contributed by atoms with Gasteiger partial charge in [0.25, 0.3) is 5.91 Å². The Morgan fingerprint density at radius 1 is 1.12 bits per heavy atom. The van der Waals surface area contributed by atoms with E-state index in [2.05, 4.69) is 10.5 Å². The number of carbonyl (C=O) groups excluding carboxylic acids is 1. The summed E-state index contributed by atoms with van der Waals surface area (Å²) in [6.45, 7) is 0.432. The molecule has 6 nitrogen and oxygen atoms in total. The van der Waals surface area contributed by atoms with Gasteiger partial charge in [-0.05, 0) is 42.0 Å². The minimum Gasteiger partial charge on any atom is -0.497 e. The van der Waals surface area contributed by atoms with Crippen LogP contribution >= 0.6 is 0 Å². The van der Waals surface area contributed by atoms with Gasteiger partial charge in [-0.15, -0.1) is 0 Å². The molecule has 1 amide bonds. The first-order valence-corrected chi connectivity index (χ1v) is 7.31. The molecule has 2 rings (SSSR count). The van der Waals surface area contributed by atoms with Crippen molar-refractivity contribution >= 4 is 12.1 Å². The average Bonchev–Trinajstić information content (AvgIpc) is 2.62. The Morgan fingerprint density at radius 2 is 1.96 bits per heavy atom. The lowest BCUT2D eigenvalue weighted by Crippen LogP contribution is -2.17. The number of methoxy groups -OCH3 is 3. The molecule has 0 spiro atoms. The van der Waals surface area contributed by atoms with Crippen molar-refractivity contribution in [2.45, 2.75) is 6.61 Å². The van der Waals surface area contributed by atoms with Crippen molar-refractivity contribution in [2.24, 2.45) is 5.10 Å². The van der Waals surface area contributed by atoms with E-state index in [4.69, 9.17) is 14.2 Å². The molecular weight excluding hydrogens is 308 g/mol. The zero-order valence-corrected chi connectivity index (χ0v) is 13.9. The van der Waals surface area contributed by atoms with Gasteiger partial charge >= 0.3 is 0 Å². The standard InChI is InChI=1S/C18H20N2O4/c1-22-12-15-9-13(7-8-17(15)24-3)11-19-20-18(21)14-5-4-6-16(10-14)23-2/h4-11H,12H2,1-3H3,(H,20,21)/b19-11-. The lowest BCUT2D eigenvalue weighted by Gasteiger charge is -2.08. The van der Waals surface area contributed by atoms with E-state index >= 15 is 0 Å². The summed E-state index contributed by atoms with van der Waals surface area (Å²) in [5, 5.41) is 3.98.